The fourth-order valence-corrected chi connectivity index (χ4v) is 4.16. The highest BCUT2D eigenvalue weighted by Crippen LogP contribution is 2.34. The van der Waals surface area contributed by atoms with Gasteiger partial charge >= 0.3 is 0 Å². The summed E-state index contributed by atoms with van der Waals surface area (Å²) in [5.74, 6) is 0.626. The molecule has 0 radical (unpaired) electrons. The molecule has 0 fully saturated rings. The van der Waals surface area contributed by atoms with Crippen LogP contribution in [0.5, 0.6) is 5.75 Å². The number of rotatable bonds is 6. The number of thiazole rings is 1. The Kier molecular flexibility index (Phi) is 5.59. The highest BCUT2D eigenvalue weighted by Gasteiger charge is 2.22. The standard InChI is InChI=1S/C24H20N2O3S/c1-16(27)18-9-11-19(12-10-18)26(24-25-21-5-3-4-6-22(21)30-24)23(28)15-17-7-13-20(29-2)14-8-17/h3-14H,15H2,1-2H3. The molecule has 150 valence electrons. The molecule has 30 heavy (non-hydrogen) atoms. The zero-order chi connectivity index (χ0) is 21.1. The van der Waals surface area contributed by atoms with Crippen LogP contribution < -0.4 is 9.64 Å². The van der Waals surface area contributed by atoms with Crippen molar-refractivity contribution in [1.82, 2.24) is 4.98 Å². The third kappa shape index (κ3) is 4.09. The highest BCUT2D eigenvalue weighted by atomic mass is 32.1. The van der Waals surface area contributed by atoms with Gasteiger partial charge < -0.3 is 4.74 Å². The Morgan fingerprint density at radius 2 is 1.67 bits per heavy atom. The van der Waals surface area contributed by atoms with Crippen LogP contribution in [-0.4, -0.2) is 23.8 Å². The lowest BCUT2D eigenvalue weighted by molar-refractivity contribution is -0.117. The van der Waals surface area contributed by atoms with Gasteiger partial charge in [0.1, 0.15) is 5.75 Å². The lowest BCUT2D eigenvalue weighted by atomic mass is 10.1. The summed E-state index contributed by atoms with van der Waals surface area (Å²) in [4.78, 5) is 31.3. The number of anilines is 2. The number of nitrogens with zero attached hydrogens (tertiary/aromatic N) is 2. The van der Waals surface area contributed by atoms with Gasteiger partial charge in [-0.05, 0) is 61.0 Å². The molecule has 0 saturated heterocycles. The summed E-state index contributed by atoms with van der Waals surface area (Å²) < 4.78 is 6.20. The summed E-state index contributed by atoms with van der Waals surface area (Å²) >= 11 is 1.46. The average Bonchev–Trinajstić information content (AvgIpc) is 3.18. The van der Waals surface area contributed by atoms with Gasteiger partial charge in [-0.3, -0.25) is 14.5 Å². The Labute approximate surface area is 178 Å². The second-order valence-corrected chi connectivity index (χ2v) is 7.83. The van der Waals surface area contributed by atoms with Gasteiger partial charge in [0.15, 0.2) is 10.9 Å². The molecule has 0 bridgehead atoms. The third-order valence-corrected chi connectivity index (χ3v) is 5.79. The number of carbonyl (C=O) groups excluding carboxylic acids is 2. The van der Waals surface area contributed by atoms with Gasteiger partial charge in [-0.1, -0.05) is 35.6 Å². The van der Waals surface area contributed by atoms with Crippen LogP contribution in [0.15, 0.2) is 72.8 Å². The number of fused-ring (bicyclic) bond motifs is 1. The molecule has 6 heteroatoms. The Morgan fingerprint density at radius 3 is 2.30 bits per heavy atom. The van der Waals surface area contributed by atoms with Crippen molar-refractivity contribution >= 4 is 44.1 Å². The second-order valence-electron chi connectivity index (χ2n) is 6.82. The van der Waals surface area contributed by atoms with Crippen molar-refractivity contribution < 1.29 is 14.3 Å². The van der Waals surface area contributed by atoms with Gasteiger partial charge in [-0.25, -0.2) is 4.98 Å². The molecule has 4 rings (SSSR count). The predicted molar refractivity (Wildman–Crippen MR) is 120 cm³/mol. The molecule has 1 heterocycles. The van der Waals surface area contributed by atoms with Crippen molar-refractivity contribution in [2.24, 2.45) is 0 Å². The first-order chi connectivity index (χ1) is 14.5. The van der Waals surface area contributed by atoms with E-state index in [1.807, 2.05) is 48.5 Å². The lowest BCUT2D eigenvalue weighted by Gasteiger charge is -2.20. The van der Waals surface area contributed by atoms with E-state index in [9.17, 15) is 9.59 Å². The minimum atomic E-state index is -0.102. The number of Topliss-reactive ketones (excluding diaryl/α,β-unsaturated/α-hetero) is 1. The van der Waals surface area contributed by atoms with Crippen LogP contribution in [0.1, 0.15) is 22.8 Å². The fourth-order valence-electron chi connectivity index (χ4n) is 3.16. The molecule has 1 amide bonds. The van der Waals surface area contributed by atoms with Crippen LogP contribution in [0.2, 0.25) is 0 Å². The van der Waals surface area contributed by atoms with E-state index < -0.39 is 0 Å². The number of ether oxygens (including phenoxy) is 1. The Morgan fingerprint density at radius 1 is 0.967 bits per heavy atom. The maximum absolute atomic E-state index is 13.4. The lowest BCUT2D eigenvalue weighted by Crippen LogP contribution is -2.27. The van der Waals surface area contributed by atoms with Crippen molar-refractivity contribution in [3.8, 4) is 5.75 Å². The van der Waals surface area contributed by atoms with Crippen LogP contribution in [0, 0.1) is 0 Å². The van der Waals surface area contributed by atoms with E-state index in [-0.39, 0.29) is 18.1 Å². The summed E-state index contributed by atoms with van der Waals surface area (Å²) in [7, 11) is 1.61. The number of ketones is 1. The minimum absolute atomic E-state index is 0.0161. The molecular formula is C24H20N2O3S. The molecule has 0 atom stereocenters. The summed E-state index contributed by atoms with van der Waals surface area (Å²) in [6.45, 7) is 1.52. The van der Waals surface area contributed by atoms with E-state index in [0.29, 0.717) is 16.4 Å². The van der Waals surface area contributed by atoms with Crippen LogP contribution in [0.3, 0.4) is 0 Å². The number of carbonyl (C=O) groups is 2. The van der Waals surface area contributed by atoms with Crippen LogP contribution >= 0.6 is 11.3 Å². The maximum atomic E-state index is 13.4. The van der Waals surface area contributed by atoms with Gasteiger partial charge in [0.25, 0.3) is 0 Å². The third-order valence-electron chi connectivity index (χ3n) is 4.77. The molecule has 0 N–H and O–H groups in total. The quantitative estimate of drug-likeness (QED) is 0.394. The first kappa shape index (κ1) is 19.8. The van der Waals surface area contributed by atoms with Crippen molar-refractivity contribution in [3.05, 3.63) is 83.9 Å². The van der Waals surface area contributed by atoms with Crippen molar-refractivity contribution in [2.75, 3.05) is 12.0 Å². The zero-order valence-corrected chi connectivity index (χ0v) is 17.5. The van der Waals surface area contributed by atoms with Crippen LogP contribution in [0.25, 0.3) is 10.2 Å². The van der Waals surface area contributed by atoms with E-state index in [4.69, 9.17) is 4.74 Å². The Balaban J connectivity index is 1.71. The van der Waals surface area contributed by atoms with E-state index >= 15 is 0 Å². The number of hydrogen-bond acceptors (Lipinski definition) is 5. The summed E-state index contributed by atoms with van der Waals surface area (Å²) in [5, 5.41) is 0.602. The molecule has 0 aliphatic carbocycles. The molecule has 0 saturated carbocycles. The molecule has 4 aromatic rings. The highest BCUT2D eigenvalue weighted by molar-refractivity contribution is 7.22. The van der Waals surface area contributed by atoms with Gasteiger partial charge in [-0.2, -0.15) is 0 Å². The summed E-state index contributed by atoms with van der Waals surface area (Å²) in [6, 6.07) is 22.3. The molecular weight excluding hydrogens is 396 g/mol. The number of para-hydroxylation sites is 1. The van der Waals surface area contributed by atoms with Crippen LogP contribution in [-0.2, 0) is 11.2 Å². The smallest absolute Gasteiger partial charge is 0.237 e. The predicted octanol–water partition coefficient (Wildman–Crippen LogP) is 5.41. The van der Waals surface area contributed by atoms with E-state index in [0.717, 1.165) is 21.5 Å². The maximum Gasteiger partial charge on any atom is 0.237 e. The SMILES string of the molecule is COc1ccc(CC(=O)N(c2ccc(C(C)=O)cc2)c2nc3ccccc3s2)cc1. The molecule has 5 nitrogen and oxygen atoms in total. The van der Waals surface area contributed by atoms with Gasteiger partial charge in [0, 0.05) is 5.56 Å². The number of amides is 1. The number of aromatic nitrogens is 1. The molecule has 1 aromatic heterocycles. The zero-order valence-electron chi connectivity index (χ0n) is 16.7. The van der Waals surface area contributed by atoms with E-state index in [2.05, 4.69) is 4.98 Å². The number of benzene rings is 3. The average molecular weight is 417 g/mol. The Hall–Kier alpha value is -3.51. The van der Waals surface area contributed by atoms with Gasteiger partial charge in [0.2, 0.25) is 5.91 Å². The summed E-state index contributed by atoms with van der Waals surface area (Å²) in [5.41, 5.74) is 3.01. The topological polar surface area (TPSA) is 59.5 Å². The molecule has 0 aliphatic heterocycles. The number of hydrogen-bond donors (Lipinski definition) is 0. The monoisotopic (exact) mass is 416 g/mol. The van der Waals surface area contributed by atoms with E-state index in [1.165, 1.54) is 18.3 Å². The largest absolute Gasteiger partial charge is 0.497 e. The van der Waals surface area contributed by atoms with E-state index in [1.54, 1.807) is 36.3 Å². The Bertz CT molecular complexity index is 1160. The summed E-state index contributed by atoms with van der Waals surface area (Å²) in [6.07, 6.45) is 0.217. The van der Waals surface area contributed by atoms with Crippen molar-refractivity contribution in [1.29, 1.82) is 0 Å². The number of methoxy groups -OCH3 is 1. The first-order valence-corrected chi connectivity index (χ1v) is 10.3. The minimum Gasteiger partial charge on any atom is -0.497 e. The second kappa shape index (κ2) is 8.47. The molecule has 0 spiro atoms. The first-order valence-electron chi connectivity index (χ1n) is 9.47. The van der Waals surface area contributed by atoms with Crippen LogP contribution in [0.4, 0.5) is 10.8 Å². The molecule has 0 unspecified atom stereocenters. The molecule has 3 aromatic carbocycles. The normalized spacial score (nSPS) is 10.7. The van der Waals surface area contributed by atoms with Crippen molar-refractivity contribution in [3.63, 3.8) is 0 Å². The van der Waals surface area contributed by atoms with Crippen molar-refractivity contribution in [2.45, 2.75) is 13.3 Å². The van der Waals surface area contributed by atoms with Gasteiger partial charge in [-0.15, -0.1) is 0 Å². The fraction of sp³-hybridized carbons (Fsp3) is 0.125. The van der Waals surface area contributed by atoms with Gasteiger partial charge in [0.05, 0.1) is 29.4 Å². The molecule has 0 aliphatic rings.